The summed E-state index contributed by atoms with van der Waals surface area (Å²) in [6.45, 7) is -4.30. The molecule has 6 heterocycles. The monoisotopic (exact) mass is 808 g/mol. The Labute approximate surface area is 356 Å². The SMILES string of the molecule is Fc1ncccc1[B@@-]1(c2ccccc2-c2ccccc2)Oc2cccc3ccc[n+]1c23.Fc1ncccc1[B@@-]1(c2ccccc2-c2ccccc2)Oc2cccc3ccc[n+]1c23. The van der Waals surface area contributed by atoms with Crippen LogP contribution in [-0.2, 0) is 0 Å². The number of aromatic nitrogens is 4. The van der Waals surface area contributed by atoms with E-state index in [0.717, 1.165) is 66.5 Å². The summed E-state index contributed by atoms with van der Waals surface area (Å²) in [4.78, 5) is 7.96. The van der Waals surface area contributed by atoms with Gasteiger partial charge in [0.25, 0.3) is 0 Å². The normalized spacial score (nSPS) is 16.9. The molecule has 62 heavy (non-hydrogen) atoms. The van der Waals surface area contributed by atoms with Crippen LogP contribution in [0.15, 0.2) is 219 Å². The van der Waals surface area contributed by atoms with Gasteiger partial charge in [-0.15, -0.1) is 0 Å². The predicted molar refractivity (Wildman–Crippen MR) is 243 cm³/mol. The first kappa shape index (κ1) is 37.1. The van der Waals surface area contributed by atoms with Crippen molar-refractivity contribution in [2.75, 3.05) is 0 Å². The maximum Gasteiger partial charge on any atom is 0.518 e. The fourth-order valence-corrected chi connectivity index (χ4v) is 9.81. The smallest absolute Gasteiger partial charge is 0.518 e. The van der Waals surface area contributed by atoms with E-state index in [1.165, 1.54) is 12.4 Å². The summed E-state index contributed by atoms with van der Waals surface area (Å²) in [5.74, 6) is 0.429. The van der Waals surface area contributed by atoms with Crippen LogP contribution in [0.2, 0.25) is 0 Å². The highest BCUT2D eigenvalue weighted by Gasteiger charge is 2.54. The molecule has 0 amide bonds. The fourth-order valence-electron chi connectivity index (χ4n) is 9.81. The van der Waals surface area contributed by atoms with Crippen LogP contribution in [0.5, 0.6) is 11.5 Å². The van der Waals surface area contributed by atoms with E-state index in [-0.39, 0.29) is 0 Å². The fraction of sp³-hybridized carbons (Fsp3) is 0. The quantitative estimate of drug-likeness (QED) is 0.128. The lowest BCUT2D eigenvalue weighted by molar-refractivity contribution is -0.515. The van der Waals surface area contributed by atoms with Crippen LogP contribution in [-0.4, -0.2) is 22.9 Å². The summed E-state index contributed by atoms with van der Waals surface area (Å²) < 4.78 is 48.4. The average molecular weight is 809 g/mol. The van der Waals surface area contributed by atoms with Crippen molar-refractivity contribution in [2.45, 2.75) is 0 Å². The molecule has 4 aromatic heterocycles. The Kier molecular flexibility index (Phi) is 8.93. The van der Waals surface area contributed by atoms with Crippen molar-refractivity contribution >= 4 is 56.6 Å². The van der Waals surface area contributed by atoms with Gasteiger partial charge in [0, 0.05) is 23.2 Å². The number of benzene rings is 6. The summed E-state index contributed by atoms with van der Waals surface area (Å²) in [6.07, 6.45) is 6.90. The lowest BCUT2D eigenvalue weighted by Crippen LogP contribution is -2.81. The zero-order valence-electron chi connectivity index (χ0n) is 33.3. The van der Waals surface area contributed by atoms with Gasteiger partial charge in [-0.05, 0) is 93.8 Å². The number of hydrogen-bond donors (Lipinski definition) is 0. The van der Waals surface area contributed by atoms with E-state index in [0.29, 0.717) is 10.9 Å². The Morgan fingerprint density at radius 1 is 0.371 bits per heavy atom. The van der Waals surface area contributed by atoms with Crippen molar-refractivity contribution in [3.05, 3.63) is 231 Å². The van der Waals surface area contributed by atoms with Gasteiger partial charge in [-0.2, -0.15) is 8.78 Å². The van der Waals surface area contributed by atoms with Gasteiger partial charge in [-0.25, -0.2) is 9.97 Å². The van der Waals surface area contributed by atoms with Crippen LogP contribution in [0.3, 0.4) is 0 Å². The third-order valence-electron chi connectivity index (χ3n) is 12.4. The zero-order chi connectivity index (χ0) is 41.7. The Balaban J connectivity index is 0.000000139. The highest BCUT2D eigenvalue weighted by Crippen LogP contribution is 2.34. The predicted octanol–water partition coefficient (Wildman–Crippen LogP) is 7.65. The van der Waals surface area contributed by atoms with Crippen LogP contribution in [0.1, 0.15) is 0 Å². The molecule has 0 spiro atoms. The first-order valence-corrected chi connectivity index (χ1v) is 20.6. The highest BCUT2D eigenvalue weighted by atomic mass is 19.1. The minimum atomic E-state index is -2.15. The zero-order valence-corrected chi connectivity index (χ0v) is 33.3. The third-order valence-corrected chi connectivity index (χ3v) is 12.4. The number of para-hydroxylation sites is 2. The molecule has 10 heteroatoms. The van der Waals surface area contributed by atoms with E-state index in [4.69, 9.17) is 9.31 Å². The van der Waals surface area contributed by atoms with Gasteiger partial charge < -0.3 is 18.3 Å². The Bertz CT molecular complexity index is 3090. The largest absolute Gasteiger partial charge is 0.647 e. The van der Waals surface area contributed by atoms with Gasteiger partial charge in [0.05, 0.1) is 0 Å². The van der Waals surface area contributed by atoms with E-state index in [1.54, 1.807) is 24.3 Å². The topological polar surface area (TPSA) is 52.0 Å². The molecule has 2 atom stereocenters. The molecule has 0 radical (unpaired) electrons. The Morgan fingerprint density at radius 3 is 1.19 bits per heavy atom. The lowest BCUT2D eigenvalue weighted by Gasteiger charge is -2.33. The molecule has 0 saturated heterocycles. The summed E-state index contributed by atoms with van der Waals surface area (Å²) >= 11 is 0. The Morgan fingerprint density at radius 2 is 0.758 bits per heavy atom. The summed E-state index contributed by atoms with van der Waals surface area (Å²) in [6, 6.07) is 63.5. The minimum Gasteiger partial charge on any atom is -0.647 e. The maximum atomic E-state index is 15.3. The molecule has 0 unspecified atom stereocenters. The van der Waals surface area contributed by atoms with Gasteiger partial charge in [-0.1, -0.05) is 144 Å². The van der Waals surface area contributed by atoms with Gasteiger partial charge in [0.1, 0.15) is 23.9 Å². The molecule has 10 aromatic rings. The van der Waals surface area contributed by atoms with E-state index < -0.39 is 24.9 Å². The number of halogens is 2. The minimum absolute atomic E-state index is 0.430. The molecule has 0 N–H and O–H groups in total. The van der Waals surface area contributed by atoms with E-state index in [2.05, 4.69) is 55.3 Å². The van der Waals surface area contributed by atoms with Crippen LogP contribution < -0.4 is 40.1 Å². The van der Waals surface area contributed by atoms with Crippen LogP contribution in [0, 0.1) is 11.9 Å². The number of nitrogens with zero attached hydrogens (tertiary/aromatic N) is 4. The average Bonchev–Trinajstić information content (AvgIpc) is 3.86. The second kappa shape index (κ2) is 14.9. The van der Waals surface area contributed by atoms with E-state index >= 15 is 8.78 Å². The number of rotatable bonds is 6. The molecular formula is C52H36B2F2N4O2. The molecule has 0 fully saturated rings. The first-order chi connectivity index (χ1) is 30.6. The van der Waals surface area contributed by atoms with Gasteiger partial charge >= 0.3 is 13.0 Å². The van der Waals surface area contributed by atoms with Gasteiger partial charge in [0.2, 0.25) is 11.0 Å². The van der Waals surface area contributed by atoms with E-state index in [9.17, 15) is 0 Å². The summed E-state index contributed by atoms with van der Waals surface area (Å²) in [5, 5.41) is 2.09. The second-order valence-electron chi connectivity index (χ2n) is 15.6. The molecule has 296 valence electrons. The molecule has 2 aliphatic heterocycles. The molecule has 0 bridgehead atoms. The summed E-state index contributed by atoms with van der Waals surface area (Å²) in [5.41, 5.74) is 8.70. The number of hydrogen-bond acceptors (Lipinski definition) is 4. The first-order valence-electron chi connectivity index (χ1n) is 20.6. The van der Waals surface area contributed by atoms with E-state index in [1.807, 2.05) is 146 Å². The molecule has 12 rings (SSSR count). The highest BCUT2D eigenvalue weighted by molar-refractivity contribution is 6.93. The molecule has 6 aromatic carbocycles. The molecule has 2 aliphatic rings. The Hall–Kier alpha value is -7.97. The molecule has 6 nitrogen and oxygen atoms in total. The van der Waals surface area contributed by atoms with Crippen LogP contribution >= 0.6 is 0 Å². The van der Waals surface area contributed by atoms with Crippen LogP contribution in [0.4, 0.5) is 8.78 Å². The summed E-state index contributed by atoms with van der Waals surface area (Å²) in [7, 11) is 0. The standard InChI is InChI=1S/2C26H18BFN2O/c2*28-26-23(15-7-17-29-26)27(22-14-5-4-13-21(22)19-9-2-1-3-10-19)30-18-8-12-20-11-6-16-24(31-27)25(20)30/h2*1-18H/t2*27-/m11/s1. The number of pyridine rings is 4. The van der Waals surface area contributed by atoms with Crippen molar-refractivity contribution in [1.82, 2.24) is 9.97 Å². The maximum absolute atomic E-state index is 15.3. The lowest BCUT2D eigenvalue weighted by atomic mass is 9.40. The van der Waals surface area contributed by atoms with Crippen molar-refractivity contribution in [1.29, 1.82) is 0 Å². The van der Waals surface area contributed by atoms with Gasteiger partial charge in [0.15, 0.2) is 11.9 Å². The van der Waals surface area contributed by atoms with Gasteiger partial charge in [-0.3, -0.25) is 0 Å². The van der Waals surface area contributed by atoms with Crippen molar-refractivity contribution < 1.29 is 27.0 Å². The van der Waals surface area contributed by atoms with Crippen molar-refractivity contribution in [3.63, 3.8) is 0 Å². The third kappa shape index (κ3) is 5.71. The molecule has 0 aliphatic carbocycles. The molecular weight excluding hydrogens is 772 g/mol. The van der Waals surface area contributed by atoms with Crippen molar-refractivity contribution in [3.8, 4) is 33.8 Å². The molecule has 0 saturated carbocycles. The van der Waals surface area contributed by atoms with Crippen molar-refractivity contribution in [2.24, 2.45) is 0 Å². The second-order valence-corrected chi connectivity index (χ2v) is 15.6. The van der Waals surface area contributed by atoms with Crippen LogP contribution in [0.25, 0.3) is 44.1 Å².